The molecule has 1 aliphatic rings. The lowest BCUT2D eigenvalue weighted by molar-refractivity contribution is 0.185. The van der Waals surface area contributed by atoms with Crippen molar-refractivity contribution >= 4 is 26.7 Å². The van der Waals surface area contributed by atoms with Crippen molar-refractivity contribution < 1.29 is 18.3 Å². The van der Waals surface area contributed by atoms with E-state index in [1.165, 1.54) is 6.26 Å². The molecular formula is C23H30N4O4S. The van der Waals surface area contributed by atoms with Gasteiger partial charge in [0.2, 0.25) is 5.95 Å². The molecule has 1 saturated carbocycles. The van der Waals surface area contributed by atoms with Crippen LogP contribution in [0.4, 0.5) is 5.95 Å². The van der Waals surface area contributed by atoms with E-state index < -0.39 is 9.84 Å². The molecule has 1 fully saturated rings. The molecule has 2 aromatic heterocycles. The number of nitrogens with one attached hydrogen (secondary N) is 1. The molecule has 4 rings (SSSR count). The number of nitrogens with zero attached hydrogens (tertiary/aromatic N) is 3. The molecule has 3 aromatic rings. The summed E-state index contributed by atoms with van der Waals surface area (Å²) >= 11 is 0. The lowest BCUT2D eigenvalue weighted by atomic mass is 9.87. The summed E-state index contributed by atoms with van der Waals surface area (Å²) in [5, 5.41) is 13.7. The fourth-order valence-corrected chi connectivity index (χ4v) is 4.84. The number of aliphatic hydroxyl groups is 1. The number of fused-ring (bicyclic) bond motifs is 1. The molecule has 0 saturated heterocycles. The normalized spacial score (nSPS) is 19.2. The Labute approximate surface area is 188 Å². The van der Waals surface area contributed by atoms with E-state index in [1.807, 2.05) is 41.1 Å². The smallest absolute Gasteiger partial charge is 0.224 e. The van der Waals surface area contributed by atoms with Gasteiger partial charge >= 0.3 is 0 Å². The van der Waals surface area contributed by atoms with Gasteiger partial charge in [0.15, 0.2) is 0 Å². The Morgan fingerprint density at radius 1 is 1.19 bits per heavy atom. The highest BCUT2D eigenvalue weighted by atomic mass is 32.2. The molecule has 0 spiro atoms. The number of sulfone groups is 1. The van der Waals surface area contributed by atoms with Crippen molar-refractivity contribution in [2.45, 2.75) is 38.1 Å². The van der Waals surface area contributed by atoms with E-state index in [2.05, 4.69) is 10.3 Å². The first kappa shape index (κ1) is 22.5. The lowest BCUT2D eigenvalue weighted by Crippen LogP contribution is -2.28. The Hall–Kier alpha value is -2.65. The van der Waals surface area contributed by atoms with E-state index in [1.54, 1.807) is 6.20 Å². The summed E-state index contributed by atoms with van der Waals surface area (Å²) in [6, 6.07) is 9.98. The van der Waals surface area contributed by atoms with E-state index in [0.29, 0.717) is 30.9 Å². The molecule has 0 unspecified atom stereocenters. The second-order valence-corrected chi connectivity index (χ2v) is 10.7. The fraction of sp³-hybridized carbons (Fsp3) is 0.478. The van der Waals surface area contributed by atoms with Gasteiger partial charge in [0, 0.05) is 36.7 Å². The first-order valence-electron chi connectivity index (χ1n) is 11.0. The van der Waals surface area contributed by atoms with Gasteiger partial charge in [-0.3, -0.25) is 0 Å². The van der Waals surface area contributed by atoms with Crippen LogP contribution in [-0.4, -0.2) is 59.3 Å². The third-order valence-corrected chi connectivity index (χ3v) is 6.97. The van der Waals surface area contributed by atoms with Gasteiger partial charge in [0.1, 0.15) is 21.4 Å². The molecule has 1 aliphatic carbocycles. The average molecular weight is 459 g/mol. The van der Waals surface area contributed by atoms with Gasteiger partial charge in [-0.05, 0) is 62.3 Å². The molecule has 8 nitrogen and oxygen atoms in total. The Morgan fingerprint density at radius 3 is 2.75 bits per heavy atom. The Morgan fingerprint density at radius 2 is 2.00 bits per heavy atom. The van der Waals surface area contributed by atoms with Crippen LogP contribution in [0.1, 0.15) is 32.1 Å². The van der Waals surface area contributed by atoms with Crippen LogP contribution in [-0.2, 0) is 9.84 Å². The highest BCUT2D eigenvalue weighted by molar-refractivity contribution is 7.90. The topological polar surface area (TPSA) is 106 Å². The zero-order chi connectivity index (χ0) is 22.6. The molecule has 0 aliphatic heterocycles. The highest BCUT2D eigenvalue weighted by Crippen LogP contribution is 2.29. The molecule has 9 heteroatoms. The second kappa shape index (κ2) is 9.87. The summed E-state index contributed by atoms with van der Waals surface area (Å²) in [6.45, 7) is 0.611. The minimum absolute atomic E-state index is 0.113. The third kappa shape index (κ3) is 5.58. The van der Waals surface area contributed by atoms with Crippen LogP contribution in [0.5, 0.6) is 5.75 Å². The van der Waals surface area contributed by atoms with Crippen molar-refractivity contribution in [3.63, 3.8) is 0 Å². The molecule has 172 valence electrons. The first-order valence-corrected chi connectivity index (χ1v) is 13.1. The van der Waals surface area contributed by atoms with Gasteiger partial charge in [0.05, 0.1) is 17.9 Å². The van der Waals surface area contributed by atoms with Gasteiger partial charge in [0.25, 0.3) is 0 Å². The highest BCUT2D eigenvalue weighted by Gasteiger charge is 2.21. The van der Waals surface area contributed by atoms with Crippen molar-refractivity contribution in [1.29, 1.82) is 0 Å². The molecule has 0 radical (unpaired) electrons. The van der Waals surface area contributed by atoms with E-state index in [4.69, 9.17) is 9.72 Å². The summed E-state index contributed by atoms with van der Waals surface area (Å²) in [4.78, 5) is 9.11. The van der Waals surface area contributed by atoms with Gasteiger partial charge in [-0.25, -0.2) is 13.4 Å². The SMILES string of the molecule is CS(=O)(=O)CCCOc1cccc2c1ccn2-c1ccnc(NC2CCC(CO)CC2)n1. The minimum Gasteiger partial charge on any atom is -0.493 e. The maximum atomic E-state index is 11.3. The van der Waals surface area contributed by atoms with Crippen molar-refractivity contribution in [3.8, 4) is 11.6 Å². The van der Waals surface area contributed by atoms with Gasteiger partial charge < -0.3 is 19.7 Å². The molecule has 0 atom stereocenters. The number of rotatable bonds is 9. The van der Waals surface area contributed by atoms with Crippen LogP contribution >= 0.6 is 0 Å². The van der Waals surface area contributed by atoms with Crippen molar-refractivity contribution in [3.05, 3.63) is 42.7 Å². The largest absolute Gasteiger partial charge is 0.493 e. The Kier molecular flexibility index (Phi) is 6.95. The Bertz CT molecular complexity index is 1150. The number of anilines is 1. The van der Waals surface area contributed by atoms with Crippen LogP contribution < -0.4 is 10.1 Å². The molecule has 0 bridgehead atoms. The molecule has 0 amide bonds. The molecular weight excluding hydrogens is 428 g/mol. The zero-order valence-corrected chi connectivity index (χ0v) is 19.1. The lowest BCUT2D eigenvalue weighted by Gasteiger charge is -2.27. The number of ether oxygens (including phenoxy) is 1. The van der Waals surface area contributed by atoms with Crippen LogP contribution in [0.2, 0.25) is 0 Å². The number of benzene rings is 1. The summed E-state index contributed by atoms with van der Waals surface area (Å²) in [5.74, 6) is 2.61. The first-order chi connectivity index (χ1) is 15.4. The number of aliphatic hydroxyl groups excluding tert-OH is 1. The maximum Gasteiger partial charge on any atom is 0.224 e. The van der Waals surface area contributed by atoms with Crippen molar-refractivity contribution in [2.75, 3.05) is 30.5 Å². The summed E-state index contributed by atoms with van der Waals surface area (Å²) in [7, 11) is -2.99. The van der Waals surface area contributed by atoms with Crippen LogP contribution in [0.25, 0.3) is 16.7 Å². The van der Waals surface area contributed by atoms with Crippen molar-refractivity contribution in [1.82, 2.24) is 14.5 Å². The number of hydrogen-bond acceptors (Lipinski definition) is 7. The standard InChI is InChI=1S/C23H30N4O4S/c1-32(29,30)15-3-14-31-21-5-2-4-20-19(21)11-13-27(20)22-10-12-24-23(26-22)25-18-8-6-17(16-28)7-9-18/h2,4-5,10-13,17-18,28H,3,6-9,14-16H2,1H3,(H,24,25,26). The Balaban J connectivity index is 1.47. The summed E-state index contributed by atoms with van der Waals surface area (Å²) in [5.41, 5.74) is 0.957. The van der Waals surface area contributed by atoms with E-state index in [9.17, 15) is 13.5 Å². The molecule has 1 aromatic carbocycles. The molecule has 2 heterocycles. The van der Waals surface area contributed by atoms with Gasteiger partial charge in [-0.15, -0.1) is 0 Å². The molecule has 32 heavy (non-hydrogen) atoms. The van der Waals surface area contributed by atoms with Crippen LogP contribution in [0, 0.1) is 5.92 Å². The van der Waals surface area contributed by atoms with Crippen LogP contribution in [0.15, 0.2) is 42.7 Å². The molecule has 2 N–H and O–H groups in total. The van der Waals surface area contributed by atoms with Crippen LogP contribution in [0.3, 0.4) is 0 Å². The number of hydrogen-bond donors (Lipinski definition) is 2. The van der Waals surface area contributed by atoms with E-state index in [-0.39, 0.29) is 12.4 Å². The predicted octanol–water partition coefficient (Wildman–Crippen LogP) is 3.20. The van der Waals surface area contributed by atoms with E-state index >= 15 is 0 Å². The van der Waals surface area contributed by atoms with Gasteiger partial charge in [-0.1, -0.05) is 6.07 Å². The third-order valence-electron chi connectivity index (χ3n) is 5.94. The zero-order valence-electron chi connectivity index (χ0n) is 18.3. The average Bonchev–Trinajstić information content (AvgIpc) is 3.22. The van der Waals surface area contributed by atoms with Crippen molar-refractivity contribution in [2.24, 2.45) is 5.92 Å². The maximum absolute atomic E-state index is 11.3. The predicted molar refractivity (Wildman–Crippen MR) is 125 cm³/mol. The monoisotopic (exact) mass is 458 g/mol. The summed E-state index contributed by atoms with van der Waals surface area (Å²) < 4.78 is 30.5. The van der Waals surface area contributed by atoms with E-state index in [0.717, 1.165) is 48.2 Å². The fourth-order valence-electron chi connectivity index (χ4n) is 4.19. The quantitative estimate of drug-likeness (QED) is 0.474. The summed E-state index contributed by atoms with van der Waals surface area (Å²) in [6.07, 6.45) is 9.44. The minimum atomic E-state index is -2.99. The second-order valence-electron chi connectivity index (χ2n) is 8.49. The van der Waals surface area contributed by atoms with Gasteiger partial charge in [-0.2, -0.15) is 4.98 Å². The number of aromatic nitrogens is 3.